The van der Waals surface area contributed by atoms with E-state index in [-0.39, 0.29) is 17.0 Å². The molecule has 3 aromatic carbocycles. The maximum atomic E-state index is 13.0. The van der Waals surface area contributed by atoms with Gasteiger partial charge in [-0.3, -0.25) is 9.52 Å². The fraction of sp³-hybridized carbons (Fsp3) is 0.174. The van der Waals surface area contributed by atoms with Gasteiger partial charge < -0.3 is 5.32 Å². The molecule has 0 heterocycles. The van der Waals surface area contributed by atoms with Gasteiger partial charge in [0.2, 0.25) is 0 Å². The van der Waals surface area contributed by atoms with Crippen molar-refractivity contribution in [2.45, 2.75) is 32.2 Å². The van der Waals surface area contributed by atoms with Crippen LogP contribution in [0.5, 0.6) is 0 Å². The number of carbonyl (C=O) groups excluding carboxylic acids is 1. The molecule has 3 rings (SSSR count). The van der Waals surface area contributed by atoms with Gasteiger partial charge in [-0.05, 0) is 73.4 Å². The molecule has 0 saturated heterocycles. The van der Waals surface area contributed by atoms with E-state index < -0.39 is 15.9 Å². The van der Waals surface area contributed by atoms with Crippen molar-refractivity contribution >= 4 is 44.8 Å². The summed E-state index contributed by atoms with van der Waals surface area (Å²) in [6.45, 7) is 5.64. The number of anilines is 1. The van der Waals surface area contributed by atoms with E-state index in [1.807, 2.05) is 19.9 Å². The van der Waals surface area contributed by atoms with Crippen molar-refractivity contribution < 1.29 is 13.2 Å². The van der Waals surface area contributed by atoms with Crippen LogP contribution in [0.2, 0.25) is 10.0 Å². The molecule has 162 valence electrons. The minimum absolute atomic E-state index is 0.0468. The summed E-state index contributed by atoms with van der Waals surface area (Å²) in [5.74, 6) is -0.408. The summed E-state index contributed by atoms with van der Waals surface area (Å²) < 4.78 is 28.7. The van der Waals surface area contributed by atoms with Crippen LogP contribution in [0.4, 0.5) is 5.69 Å². The molecule has 0 aliphatic rings. The van der Waals surface area contributed by atoms with Crippen molar-refractivity contribution in [1.29, 1.82) is 0 Å². The van der Waals surface area contributed by atoms with Crippen LogP contribution in [-0.2, 0) is 16.6 Å². The Morgan fingerprint density at radius 3 is 2.39 bits per heavy atom. The Kier molecular flexibility index (Phi) is 6.94. The lowest BCUT2D eigenvalue weighted by atomic mass is 10.1. The number of halogens is 2. The highest BCUT2D eigenvalue weighted by molar-refractivity contribution is 7.92. The van der Waals surface area contributed by atoms with E-state index in [0.29, 0.717) is 26.9 Å². The van der Waals surface area contributed by atoms with Crippen LogP contribution < -0.4 is 10.0 Å². The summed E-state index contributed by atoms with van der Waals surface area (Å²) in [6, 6.07) is 15.0. The minimum Gasteiger partial charge on any atom is -0.348 e. The quantitative estimate of drug-likeness (QED) is 0.482. The number of benzene rings is 3. The summed E-state index contributed by atoms with van der Waals surface area (Å²) in [4.78, 5) is 12.7. The first kappa shape index (κ1) is 23.1. The molecular weight excluding hydrogens is 455 g/mol. The molecule has 5 nitrogen and oxygen atoms in total. The van der Waals surface area contributed by atoms with Crippen LogP contribution in [0.3, 0.4) is 0 Å². The van der Waals surface area contributed by atoms with Gasteiger partial charge in [-0.2, -0.15) is 0 Å². The van der Waals surface area contributed by atoms with Crippen LogP contribution in [-0.4, -0.2) is 14.3 Å². The van der Waals surface area contributed by atoms with Crippen LogP contribution in [0, 0.1) is 20.8 Å². The Morgan fingerprint density at radius 1 is 0.935 bits per heavy atom. The fourth-order valence-electron chi connectivity index (χ4n) is 3.03. The second-order valence-electron chi connectivity index (χ2n) is 7.25. The number of hydrogen-bond donors (Lipinski definition) is 2. The van der Waals surface area contributed by atoms with Gasteiger partial charge in [-0.15, -0.1) is 0 Å². The van der Waals surface area contributed by atoms with Gasteiger partial charge >= 0.3 is 0 Å². The smallest absolute Gasteiger partial charge is 0.262 e. The maximum Gasteiger partial charge on any atom is 0.262 e. The predicted molar refractivity (Wildman–Crippen MR) is 126 cm³/mol. The first-order valence-corrected chi connectivity index (χ1v) is 11.7. The summed E-state index contributed by atoms with van der Waals surface area (Å²) >= 11 is 12.0. The van der Waals surface area contributed by atoms with Crippen LogP contribution >= 0.6 is 23.2 Å². The van der Waals surface area contributed by atoms with Gasteiger partial charge in [0.25, 0.3) is 15.9 Å². The molecule has 0 atom stereocenters. The highest BCUT2D eigenvalue weighted by Gasteiger charge is 2.20. The van der Waals surface area contributed by atoms with Gasteiger partial charge in [0.1, 0.15) is 0 Å². The van der Waals surface area contributed by atoms with Crippen molar-refractivity contribution in [3.8, 4) is 0 Å². The lowest BCUT2D eigenvalue weighted by Gasteiger charge is -2.15. The number of sulfonamides is 1. The van der Waals surface area contributed by atoms with Crippen molar-refractivity contribution in [2.24, 2.45) is 0 Å². The molecule has 0 bridgehead atoms. The number of rotatable bonds is 6. The minimum atomic E-state index is -3.88. The molecule has 0 radical (unpaired) electrons. The van der Waals surface area contributed by atoms with Gasteiger partial charge in [0.05, 0.1) is 10.6 Å². The van der Waals surface area contributed by atoms with E-state index in [1.54, 1.807) is 49.4 Å². The predicted octanol–water partition coefficient (Wildman–Crippen LogP) is 5.65. The fourth-order valence-corrected chi connectivity index (χ4v) is 4.90. The zero-order valence-electron chi connectivity index (χ0n) is 17.3. The Morgan fingerprint density at radius 2 is 1.68 bits per heavy atom. The Bertz CT molecular complexity index is 1260. The van der Waals surface area contributed by atoms with E-state index in [4.69, 9.17) is 23.2 Å². The number of carbonyl (C=O) groups is 1. The Labute approximate surface area is 192 Å². The SMILES string of the molecule is Cc1ccc(C(=O)NCc2ccc(Cl)cc2Cl)cc1S(=O)(=O)Nc1cccc(C)c1C. The molecule has 3 aromatic rings. The third-order valence-corrected chi connectivity index (χ3v) is 7.14. The van der Waals surface area contributed by atoms with Crippen LogP contribution in [0.1, 0.15) is 32.6 Å². The van der Waals surface area contributed by atoms with Crippen molar-refractivity contribution in [3.63, 3.8) is 0 Å². The molecule has 31 heavy (non-hydrogen) atoms. The molecule has 2 N–H and O–H groups in total. The van der Waals surface area contributed by atoms with E-state index in [9.17, 15) is 13.2 Å². The first-order chi connectivity index (χ1) is 14.6. The zero-order chi connectivity index (χ0) is 22.8. The second-order valence-corrected chi connectivity index (χ2v) is 9.75. The third kappa shape index (κ3) is 5.39. The third-order valence-electron chi connectivity index (χ3n) is 5.04. The molecule has 0 saturated carbocycles. The molecule has 0 fully saturated rings. The molecule has 8 heteroatoms. The summed E-state index contributed by atoms with van der Waals surface area (Å²) in [5, 5.41) is 3.71. The normalized spacial score (nSPS) is 11.3. The number of hydrogen-bond acceptors (Lipinski definition) is 3. The largest absolute Gasteiger partial charge is 0.348 e. The average Bonchev–Trinajstić information content (AvgIpc) is 2.70. The number of nitrogens with one attached hydrogen (secondary N) is 2. The number of aryl methyl sites for hydroxylation is 2. The van der Waals surface area contributed by atoms with Crippen molar-refractivity contribution in [2.75, 3.05) is 4.72 Å². The van der Waals surface area contributed by atoms with E-state index >= 15 is 0 Å². The second kappa shape index (κ2) is 9.30. The highest BCUT2D eigenvalue weighted by Crippen LogP contribution is 2.25. The Hall–Kier alpha value is -2.54. The molecule has 0 spiro atoms. The molecular formula is C23H22Cl2N2O3S. The zero-order valence-corrected chi connectivity index (χ0v) is 19.6. The summed E-state index contributed by atoms with van der Waals surface area (Å²) in [7, 11) is -3.88. The summed E-state index contributed by atoms with van der Waals surface area (Å²) in [5.41, 5.74) is 3.80. The maximum absolute atomic E-state index is 13.0. The van der Waals surface area contributed by atoms with Crippen LogP contribution in [0.25, 0.3) is 0 Å². The first-order valence-electron chi connectivity index (χ1n) is 9.50. The van der Waals surface area contributed by atoms with Gasteiger partial charge in [0, 0.05) is 22.2 Å². The number of amides is 1. The van der Waals surface area contributed by atoms with Gasteiger partial charge in [-0.25, -0.2) is 8.42 Å². The van der Waals surface area contributed by atoms with Gasteiger partial charge in [0.15, 0.2) is 0 Å². The standard InChI is InChI=1S/C23H22Cl2N2O3S/c1-14-5-4-6-21(16(14)3)27-31(29,30)22-11-17(8-7-15(22)2)23(28)26-13-18-9-10-19(24)12-20(18)25/h4-12,27H,13H2,1-3H3,(H,26,28). The van der Waals surface area contributed by atoms with E-state index in [1.165, 1.54) is 6.07 Å². The average molecular weight is 477 g/mol. The monoisotopic (exact) mass is 476 g/mol. The molecule has 1 amide bonds. The van der Waals surface area contributed by atoms with E-state index in [0.717, 1.165) is 11.1 Å². The van der Waals surface area contributed by atoms with Crippen molar-refractivity contribution in [3.05, 3.63) is 92.5 Å². The van der Waals surface area contributed by atoms with Gasteiger partial charge in [-0.1, -0.05) is 47.5 Å². The van der Waals surface area contributed by atoms with Crippen molar-refractivity contribution in [1.82, 2.24) is 5.32 Å². The highest BCUT2D eigenvalue weighted by atomic mass is 35.5. The lowest BCUT2D eigenvalue weighted by molar-refractivity contribution is 0.0950. The summed E-state index contributed by atoms with van der Waals surface area (Å²) in [6.07, 6.45) is 0. The Balaban J connectivity index is 1.83. The molecule has 0 aliphatic carbocycles. The molecule has 0 aromatic heterocycles. The molecule has 0 aliphatic heterocycles. The van der Waals surface area contributed by atoms with E-state index in [2.05, 4.69) is 10.0 Å². The topological polar surface area (TPSA) is 75.3 Å². The lowest BCUT2D eigenvalue weighted by Crippen LogP contribution is -2.24. The molecule has 0 unspecified atom stereocenters. The van der Waals surface area contributed by atoms with Crippen LogP contribution in [0.15, 0.2) is 59.5 Å².